The fourth-order valence-corrected chi connectivity index (χ4v) is 2.51. The van der Waals surface area contributed by atoms with Gasteiger partial charge in [-0.1, -0.05) is 0 Å². The van der Waals surface area contributed by atoms with Gasteiger partial charge in [0.05, 0.1) is 11.0 Å². The number of nitrogens with one attached hydrogen (secondary N) is 2. The van der Waals surface area contributed by atoms with E-state index in [0.717, 1.165) is 19.4 Å². The number of benzene rings is 1. The lowest BCUT2D eigenvalue weighted by molar-refractivity contribution is -0.125. The highest BCUT2D eigenvalue weighted by atomic mass is 16.4. The molecule has 0 bridgehead atoms. The molecule has 108 valence electrons. The molecular formula is C15H20N2O3. The molecular weight excluding hydrogens is 256 g/mol. The second kappa shape index (κ2) is 5.63. The normalized spacial score (nSPS) is 22.3. The molecule has 1 amide bonds. The van der Waals surface area contributed by atoms with Gasteiger partial charge in [-0.3, -0.25) is 4.79 Å². The summed E-state index contributed by atoms with van der Waals surface area (Å²) in [6.45, 7) is 5.30. The molecule has 1 unspecified atom stereocenters. The van der Waals surface area contributed by atoms with Crippen LogP contribution in [-0.4, -0.2) is 30.1 Å². The van der Waals surface area contributed by atoms with Gasteiger partial charge in [0.15, 0.2) is 0 Å². The molecule has 1 heterocycles. The fraction of sp³-hybridized carbons (Fsp3) is 0.467. The fourth-order valence-electron chi connectivity index (χ4n) is 2.51. The molecule has 1 fully saturated rings. The van der Waals surface area contributed by atoms with E-state index < -0.39 is 11.4 Å². The summed E-state index contributed by atoms with van der Waals surface area (Å²) in [5.41, 5.74) is 1.14. The highest BCUT2D eigenvalue weighted by molar-refractivity contribution is 5.96. The summed E-state index contributed by atoms with van der Waals surface area (Å²) in [6.07, 6.45) is 1.85. The first kappa shape index (κ1) is 14.5. The summed E-state index contributed by atoms with van der Waals surface area (Å²) in [5.74, 6) is -0.976. The minimum atomic E-state index is -0.955. The smallest absolute Gasteiger partial charge is 0.335 e. The first-order valence-electron chi connectivity index (χ1n) is 6.78. The van der Waals surface area contributed by atoms with Crippen LogP contribution in [0.25, 0.3) is 0 Å². The minimum absolute atomic E-state index is 0.0211. The van der Waals surface area contributed by atoms with Crippen LogP contribution in [0.4, 0.5) is 5.69 Å². The number of carbonyl (C=O) groups excluding carboxylic acids is 1. The van der Waals surface area contributed by atoms with Crippen LogP contribution >= 0.6 is 0 Å². The van der Waals surface area contributed by atoms with Crippen molar-refractivity contribution in [3.8, 4) is 0 Å². The molecule has 1 aromatic carbocycles. The van der Waals surface area contributed by atoms with Crippen molar-refractivity contribution in [1.29, 1.82) is 0 Å². The van der Waals surface area contributed by atoms with Crippen LogP contribution in [0.5, 0.6) is 0 Å². The van der Waals surface area contributed by atoms with Gasteiger partial charge in [-0.2, -0.15) is 0 Å². The zero-order chi connectivity index (χ0) is 14.8. The molecule has 0 aliphatic carbocycles. The Kier molecular flexibility index (Phi) is 4.09. The molecule has 0 saturated carbocycles. The number of carbonyl (C=O) groups is 2. The predicted molar refractivity (Wildman–Crippen MR) is 77.0 cm³/mol. The molecule has 1 saturated heterocycles. The number of rotatable bonds is 3. The third-order valence-corrected chi connectivity index (χ3v) is 3.86. The number of aromatic carboxylic acids is 1. The molecule has 5 heteroatoms. The number of carboxylic acid groups (broad SMARTS) is 1. The first-order valence-corrected chi connectivity index (χ1v) is 6.78. The summed E-state index contributed by atoms with van der Waals surface area (Å²) in [6, 6.07) is 4.85. The molecule has 0 spiro atoms. The Balaban J connectivity index is 2.12. The maximum atomic E-state index is 12.4. The summed E-state index contributed by atoms with van der Waals surface area (Å²) in [5, 5.41) is 15.1. The second-order valence-corrected chi connectivity index (χ2v) is 5.63. The van der Waals surface area contributed by atoms with Crippen LogP contribution in [0.1, 0.15) is 35.7 Å². The van der Waals surface area contributed by atoms with E-state index in [1.165, 1.54) is 6.07 Å². The van der Waals surface area contributed by atoms with Crippen molar-refractivity contribution in [1.82, 2.24) is 5.32 Å². The minimum Gasteiger partial charge on any atom is -0.478 e. The zero-order valence-electron chi connectivity index (χ0n) is 11.8. The van der Waals surface area contributed by atoms with Crippen molar-refractivity contribution in [2.75, 3.05) is 18.4 Å². The molecule has 2 rings (SSSR count). The van der Waals surface area contributed by atoms with Gasteiger partial charge in [0.2, 0.25) is 5.91 Å². The Morgan fingerprint density at radius 2 is 2.15 bits per heavy atom. The van der Waals surface area contributed by atoms with Gasteiger partial charge in [0.1, 0.15) is 0 Å². The molecule has 0 aromatic heterocycles. The average molecular weight is 276 g/mol. The van der Waals surface area contributed by atoms with Crippen molar-refractivity contribution >= 4 is 17.6 Å². The summed E-state index contributed by atoms with van der Waals surface area (Å²) >= 11 is 0. The van der Waals surface area contributed by atoms with E-state index in [-0.39, 0.29) is 11.5 Å². The molecule has 1 aliphatic rings. The number of aryl methyl sites for hydroxylation is 1. The Morgan fingerprint density at radius 1 is 1.40 bits per heavy atom. The topological polar surface area (TPSA) is 78.4 Å². The lowest BCUT2D eigenvalue weighted by atomic mass is 9.82. The maximum absolute atomic E-state index is 12.4. The van der Waals surface area contributed by atoms with Crippen LogP contribution < -0.4 is 10.6 Å². The molecule has 0 radical (unpaired) electrons. The van der Waals surface area contributed by atoms with Crippen LogP contribution in [0, 0.1) is 12.3 Å². The summed E-state index contributed by atoms with van der Waals surface area (Å²) in [4.78, 5) is 23.3. The highest BCUT2D eigenvalue weighted by Gasteiger charge is 2.34. The van der Waals surface area contributed by atoms with Gasteiger partial charge in [-0.15, -0.1) is 0 Å². The average Bonchev–Trinajstić information content (AvgIpc) is 2.39. The standard InChI is InChI=1S/C15H20N2O3/c1-10-8-11(4-5-12(10)13(18)19)17-14(20)15(2)6-3-7-16-9-15/h4-5,8,16H,3,6-7,9H2,1-2H3,(H,17,20)(H,18,19). The first-order chi connectivity index (χ1) is 9.42. The van der Waals surface area contributed by atoms with Gasteiger partial charge in [0.25, 0.3) is 0 Å². The van der Waals surface area contributed by atoms with Crippen LogP contribution in [-0.2, 0) is 4.79 Å². The van der Waals surface area contributed by atoms with Gasteiger partial charge < -0.3 is 15.7 Å². The maximum Gasteiger partial charge on any atom is 0.335 e. The quantitative estimate of drug-likeness (QED) is 0.789. The number of carboxylic acids is 1. The van der Waals surface area contributed by atoms with Crippen molar-refractivity contribution in [3.05, 3.63) is 29.3 Å². The van der Waals surface area contributed by atoms with Gasteiger partial charge in [0, 0.05) is 12.2 Å². The molecule has 5 nitrogen and oxygen atoms in total. The molecule has 1 aromatic rings. The van der Waals surface area contributed by atoms with Crippen LogP contribution in [0.15, 0.2) is 18.2 Å². The van der Waals surface area contributed by atoms with E-state index in [0.29, 0.717) is 17.8 Å². The van der Waals surface area contributed by atoms with E-state index in [9.17, 15) is 9.59 Å². The largest absolute Gasteiger partial charge is 0.478 e. The van der Waals surface area contributed by atoms with E-state index in [1.54, 1.807) is 19.1 Å². The predicted octanol–water partition coefficient (Wildman–Crippen LogP) is 2.02. The van der Waals surface area contributed by atoms with E-state index in [2.05, 4.69) is 10.6 Å². The second-order valence-electron chi connectivity index (χ2n) is 5.63. The van der Waals surface area contributed by atoms with E-state index >= 15 is 0 Å². The van der Waals surface area contributed by atoms with Crippen molar-refractivity contribution in [3.63, 3.8) is 0 Å². The SMILES string of the molecule is Cc1cc(NC(=O)C2(C)CCCNC2)ccc1C(=O)O. The van der Waals surface area contributed by atoms with Crippen LogP contribution in [0.3, 0.4) is 0 Å². The molecule has 1 atom stereocenters. The molecule has 1 aliphatic heterocycles. The molecule has 20 heavy (non-hydrogen) atoms. The Hall–Kier alpha value is -1.88. The third kappa shape index (κ3) is 2.99. The lowest BCUT2D eigenvalue weighted by Crippen LogP contribution is -2.46. The number of hydrogen-bond acceptors (Lipinski definition) is 3. The van der Waals surface area contributed by atoms with Gasteiger partial charge in [-0.05, 0) is 57.0 Å². The van der Waals surface area contributed by atoms with E-state index in [4.69, 9.17) is 5.11 Å². The number of piperidine rings is 1. The Labute approximate surface area is 118 Å². The van der Waals surface area contributed by atoms with E-state index in [1.807, 2.05) is 6.92 Å². The number of hydrogen-bond donors (Lipinski definition) is 3. The number of anilines is 1. The van der Waals surface area contributed by atoms with Gasteiger partial charge >= 0.3 is 5.97 Å². The van der Waals surface area contributed by atoms with Crippen LogP contribution in [0.2, 0.25) is 0 Å². The third-order valence-electron chi connectivity index (χ3n) is 3.86. The van der Waals surface area contributed by atoms with Crippen molar-refractivity contribution < 1.29 is 14.7 Å². The number of amides is 1. The molecule has 3 N–H and O–H groups in total. The lowest BCUT2D eigenvalue weighted by Gasteiger charge is -2.32. The monoisotopic (exact) mass is 276 g/mol. The van der Waals surface area contributed by atoms with Gasteiger partial charge in [-0.25, -0.2) is 4.79 Å². The Morgan fingerprint density at radius 3 is 2.70 bits per heavy atom. The summed E-state index contributed by atoms with van der Waals surface area (Å²) in [7, 11) is 0. The van der Waals surface area contributed by atoms with Crippen molar-refractivity contribution in [2.45, 2.75) is 26.7 Å². The summed E-state index contributed by atoms with van der Waals surface area (Å²) < 4.78 is 0. The Bertz CT molecular complexity index is 534. The highest BCUT2D eigenvalue weighted by Crippen LogP contribution is 2.27. The zero-order valence-corrected chi connectivity index (χ0v) is 11.8. The van der Waals surface area contributed by atoms with Crippen molar-refractivity contribution in [2.24, 2.45) is 5.41 Å².